The Morgan fingerprint density at radius 1 is 1.00 bits per heavy atom. The van der Waals surface area contributed by atoms with Crippen LogP contribution in [0.25, 0.3) is 0 Å². The quantitative estimate of drug-likeness (QED) is 0.393. The van der Waals surface area contributed by atoms with E-state index in [9.17, 15) is 22.5 Å². The van der Waals surface area contributed by atoms with Gasteiger partial charge in [-0.2, -0.15) is 13.2 Å². The maximum absolute atomic E-state index is 12.9. The molecule has 0 bridgehead atoms. The maximum atomic E-state index is 12.9. The Morgan fingerprint density at radius 3 is 1.71 bits per heavy atom. The second-order valence-corrected chi connectivity index (χ2v) is 7.65. The third kappa shape index (κ3) is 9.61. The summed E-state index contributed by atoms with van der Waals surface area (Å²) in [6.45, 7) is 7.21. The monoisotopic (exact) mass is 378 g/mol. The van der Waals surface area contributed by atoms with E-state index >= 15 is 0 Å². The molecule has 0 unspecified atom stereocenters. The number of methoxy groups -OCH3 is 1. The van der Waals surface area contributed by atoms with Gasteiger partial charge in [-0.1, -0.05) is 27.7 Å². The molecule has 0 spiro atoms. The highest BCUT2D eigenvalue weighted by Gasteiger charge is 2.52. The number of phosphoric acid groups is 1. The van der Waals surface area contributed by atoms with E-state index < -0.39 is 26.1 Å². The topological polar surface area (TPSA) is 71.1 Å². The van der Waals surface area contributed by atoms with E-state index in [2.05, 4.69) is 9.26 Å². The van der Waals surface area contributed by atoms with Crippen molar-refractivity contribution in [2.24, 2.45) is 11.8 Å². The lowest BCUT2D eigenvalue weighted by molar-refractivity contribution is -0.213. The minimum atomic E-state index is -5.11. The Labute approximate surface area is 140 Å². The number of hydrogen-bond acceptors (Lipinski definition) is 6. The predicted octanol–water partition coefficient (Wildman–Crippen LogP) is 4.34. The van der Waals surface area contributed by atoms with E-state index in [1.54, 1.807) is 0 Å². The fourth-order valence-electron chi connectivity index (χ4n) is 1.37. The molecule has 0 saturated heterocycles. The number of hydrogen-bond donors (Lipinski definition) is 0. The Kier molecular flexibility index (Phi) is 10.1. The molecule has 0 radical (unpaired) electrons. The minimum Gasteiger partial charge on any atom is -0.467 e. The van der Waals surface area contributed by atoms with Gasteiger partial charge >= 0.3 is 20.0 Å². The van der Waals surface area contributed by atoms with Gasteiger partial charge in [-0.05, 0) is 24.7 Å². The molecular formula is C14H26F3O6P. The molecule has 0 N–H and O–H groups in total. The smallest absolute Gasteiger partial charge is 0.467 e. The largest absolute Gasteiger partial charge is 0.475 e. The van der Waals surface area contributed by atoms with Gasteiger partial charge < -0.3 is 4.74 Å². The lowest BCUT2D eigenvalue weighted by Gasteiger charge is -2.24. The number of phosphoric ester groups is 1. The summed E-state index contributed by atoms with van der Waals surface area (Å²) in [4.78, 5) is 11.3. The van der Waals surface area contributed by atoms with Gasteiger partial charge in [0, 0.05) is 0 Å². The average Bonchev–Trinajstić information content (AvgIpc) is 2.42. The van der Waals surface area contributed by atoms with Gasteiger partial charge in [0.25, 0.3) is 6.10 Å². The molecule has 0 amide bonds. The van der Waals surface area contributed by atoms with Gasteiger partial charge in [-0.15, -0.1) is 0 Å². The van der Waals surface area contributed by atoms with Crippen LogP contribution in [0.1, 0.15) is 40.5 Å². The molecule has 0 aliphatic carbocycles. The van der Waals surface area contributed by atoms with E-state index in [-0.39, 0.29) is 25.0 Å². The second-order valence-electron chi connectivity index (χ2n) is 6.03. The fourth-order valence-corrected chi connectivity index (χ4v) is 2.69. The highest BCUT2D eigenvalue weighted by atomic mass is 31.2. The van der Waals surface area contributed by atoms with Crippen LogP contribution >= 0.6 is 7.82 Å². The van der Waals surface area contributed by atoms with Crippen molar-refractivity contribution in [1.82, 2.24) is 0 Å². The van der Waals surface area contributed by atoms with Crippen LogP contribution in [0.15, 0.2) is 0 Å². The molecule has 144 valence electrons. The molecule has 0 aliphatic heterocycles. The molecule has 0 rings (SSSR count). The standard InChI is InChI=1S/C14H26F3O6P/c1-10(2)6-8-21-24(19,22-9-7-11(3)4)23-12(13(18)20-5)14(15,16)17/h10-12H,6-9H2,1-5H3/t12-/m1/s1. The van der Waals surface area contributed by atoms with Crippen LogP contribution in [0.2, 0.25) is 0 Å². The first-order chi connectivity index (χ1) is 10.9. The van der Waals surface area contributed by atoms with Crippen molar-refractivity contribution in [1.29, 1.82) is 0 Å². The van der Waals surface area contributed by atoms with Crippen LogP contribution in [-0.2, 0) is 27.7 Å². The van der Waals surface area contributed by atoms with Crippen LogP contribution in [0.5, 0.6) is 0 Å². The van der Waals surface area contributed by atoms with E-state index in [1.165, 1.54) is 0 Å². The normalized spacial score (nSPS) is 14.2. The SMILES string of the molecule is COC(=O)[C@@H](OP(=O)(OCCC(C)C)OCCC(C)C)C(F)(F)F. The summed E-state index contributed by atoms with van der Waals surface area (Å²) in [5.74, 6) is -1.37. The first kappa shape index (κ1) is 23.4. The van der Waals surface area contributed by atoms with Gasteiger partial charge in [0.15, 0.2) is 0 Å². The molecule has 0 fully saturated rings. The van der Waals surface area contributed by atoms with Crippen LogP contribution in [0.3, 0.4) is 0 Å². The van der Waals surface area contributed by atoms with Crippen LogP contribution in [0, 0.1) is 11.8 Å². The third-order valence-electron chi connectivity index (χ3n) is 2.84. The average molecular weight is 378 g/mol. The summed E-state index contributed by atoms with van der Waals surface area (Å²) < 4.78 is 69.6. The van der Waals surface area contributed by atoms with Crippen molar-refractivity contribution in [3.05, 3.63) is 0 Å². The molecule has 6 nitrogen and oxygen atoms in total. The van der Waals surface area contributed by atoms with Gasteiger partial charge in [-0.25, -0.2) is 9.36 Å². The highest BCUT2D eigenvalue weighted by Crippen LogP contribution is 2.53. The fraction of sp³-hybridized carbons (Fsp3) is 0.929. The first-order valence-corrected chi connectivity index (χ1v) is 9.09. The van der Waals surface area contributed by atoms with Crippen LogP contribution < -0.4 is 0 Å². The van der Waals surface area contributed by atoms with Crippen molar-refractivity contribution in [3.8, 4) is 0 Å². The van der Waals surface area contributed by atoms with Crippen molar-refractivity contribution in [2.75, 3.05) is 20.3 Å². The number of carbonyl (C=O) groups excluding carboxylic acids is 1. The van der Waals surface area contributed by atoms with Crippen molar-refractivity contribution in [2.45, 2.75) is 52.8 Å². The van der Waals surface area contributed by atoms with Gasteiger partial charge in [-0.3, -0.25) is 13.6 Å². The lowest BCUT2D eigenvalue weighted by atomic mass is 10.2. The number of carbonyl (C=O) groups is 1. The summed E-state index contributed by atoms with van der Waals surface area (Å²) in [6, 6.07) is 0. The molecule has 1 atom stereocenters. The molecule has 0 heterocycles. The number of ether oxygens (including phenoxy) is 1. The minimum absolute atomic E-state index is 0.123. The molecule has 10 heteroatoms. The second kappa shape index (κ2) is 10.4. The number of alkyl halides is 3. The van der Waals surface area contributed by atoms with Crippen molar-refractivity contribution < 1.29 is 40.8 Å². The lowest BCUT2D eigenvalue weighted by Crippen LogP contribution is -2.39. The van der Waals surface area contributed by atoms with E-state index in [0.29, 0.717) is 12.8 Å². The first-order valence-electron chi connectivity index (χ1n) is 7.63. The molecule has 0 aromatic carbocycles. The molecule has 0 aromatic rings. The zero-order valence-electron chi connectivity index (χ0n) is 14.6. The zero-order chi connectivity index (χ0) is 19.0. The molecule has 0 saturated carbocycles. The van der Waals surface area contributed by atoms with E-state index in [0.717, 1.165) is 7.11 Å². The summed E-state index contributed by atoms with van der Waals surface area (Å²) >= 11 is 0. The maximum Gasteiger partial charge on any atom is 0.475 e. The molecular weight excluding hydrogens is 352 g/mol. The molecule has 0 aromatic heterocycles. The van der Waals surface area contributed by atoms with Crippen LogP contribution in [0.4, 0.5) is 13.2 Å². The van der Waals surface area contributed by atoms with Crippen molar-refractivity contribution >= 4 is 13.8 Å². The predicted molar refractivity (Wildman–Crippen MR) is 81.4 cm³/mol. The summed E-state index contributed by atoms with van der Waals surface area (Å²) in [5, 5.41) is 0. The van der Waals surface area contributed by atoms with Gasteiger partial charge in [0.1, 0.15) is 0 Å². The van der Waals surface area contributed by atoms with Gasteiger partial charge in [0.05, 0.1) is 20.3 Å². The summed E-state index contributed by atoms with van der Waals surface area (Å²) in [7, 11) is -3.80. The highest BCUT2D eigenvalue weighted by molar-refractivity contribution is 7.48. The Hall–Kier alpha value is -0.630. The Morgan fingerprint density at radius 2 is 1.42 bits per heavy atom. The number of halogens is 3. The van der Waals surface area contributed by atoms with E-state index in [4.69, 9.17) is 9.05 Å². The molecule has 0 aliphatic rings. The van der Waals surface area contributed by atoms with E-state index in [1.807, 2.05) is 27.7 Å². The summed E-state index contributed by atoms with van der Waals surface area (Å²) in [6.07, 6.45) is -7.26. The number of rotatable bonds is 11. The van der Waals surface area contributed by atoms with Crippen LogP contribution in [-0.4, -0.2) is 38.6 Å². The Balaban J connectivity index is 5.11. The molecule has 24 heavy (non-hydrogen) atoms. The number of esters is 1. The third-order valence-corrected chi connectivity index (χ3v) is 4.30. The Bertz CT molecular complexity index is 407. The zero-order valence-corrected chi connectivity index (χ0v) is 15.5. The van der Waals surface area contributed by atoms with Gasteiger partial charge in [0.2, 0.25) is 0 Å². The van der Waals surface area contributed by atoms with Crippen molar-refractivity contribution in [3.63, 3.8) is 0 Å². The summed E-state index contributed by atoms with van der Waals surface area (Å²) in [5.41, 5.74) is 0.